The highest BCUT2D eigenvalue weighted by atomic mass is 35.5. The van der Waals surface area contributed by atoms with Gasteiger partial charge in [0.25, 0.3) is 5.91 Å². The Labute approximate surface area is 171 Å². The largest absolute Gasteiger partial charge is 0.493 e. The zero-order valence-corrected chi connectivity index (χ0v) is 17.7. The number of rotatable bonds is 5. The van der Waals surface area contributed by atoms with E-state index in [-0.39, 0.29) is 11.9 Å². The molecule has 1 aliphatic rings. The number of aryl methyl sites for hydroxylation is 2. The molecule has 6 nitrogen and oxygen atoms in total. The summed E-state index contributed by atoms with van der Waals surface area (Å²) in [5.74, 6) is 0.895. The fourth-order valence-electron chi connectivity index (χ4n) is 4.00. The number of halogens is 1. The molecule has 0 bridgehead atoms. The van der Waals surface area contributed by atoms with E-state index < -0.39 is 0 Å². The fraction of sp³-hybridized carbons (Fsp3) is 0.524. The van der Waals surface area contributed by atoms with Crippen LogP contribution < -0.4 is 9.47 Å². The molecule has 0 spiro atoms. The van der Waals surface area contributed by atoms with Gasteiger partial charge in [-0.05, 0) is 45.7 Å². The minimum atomic E-state index is -0.0462. The average Bonchev–Trinajstić information content (AvgIpc) is 2.87. The highest BCUT2D eigenvalue weighted by Gasteiger charge is 2.31. The Balaban J connectivity index is 2.00. The molecule has 1 saturated heterocycles. The van der Waals surface area contributed by atoms with E-state index >= 15 is 0 Å². The highest BCUT2D eigenvalue weighted by molar-refractivity contribution is 6.32. The number of aromatic nitrogens is 2. The third-order valence-electron chi connectivity index (χ3n) is 5.30. The van der Waals surface area contributed by atoms with Crippen LogP contribution >= 0.6 is 11.6 Å². The fourth-order valence-corrected chi connectivity index (χ4v) is 4.26. The number of amides is 1. The van der Waals surface area contributed by atoms with Crippen LogP contribution in [0.4, 0.5) is 0 Å². The number of likely N-dealkylation sites (tertiary alicyclic amines) is 1. The number of benzene rings is 1. The summed E-state index contributed by atoms with van der Waals surface area (Å²) in [6.45, 7) is 7.06. The highest BCUT2D eigenvalue weighted by Crippen LogP contribution is 2.39. The van der Waals surface area contributed by atoms with E-state index in [0.717, 1.165) is 42.6 Å². The van der Waals surface area contributed by atoms with Crippen molar-refractivity contribution in [2.45, 2.75) is 52.5 Å². The Morgan fingerprint density at radius 2 is 2.11 bits per heavy atom. The van der Waals surface area contributed by atoms with Gasteiger partial charge in [0.15, 0.2) is 11.5 Å². The summed E-state index contributed by atoms with van der Waals surface area (Å²) in [4.78, 5) is 15.5. The Bertz CT molecular complexity index is 830. The van der Waals surface area contributed by atoms with Crippen molar-refractivity contribution in [1.29, 1.82) is 0 Å². The molecule has 152 valence electrons. The first-order valence-electron chi connectivity index (χ1n) is 9.80. The van der Waals surface area contributed by atoms with Crippen molar-refractivity contribution < 1.29 is 14.3 Å². The Morgan fingerprint density at radius 3 is 2.75 bits per heavy atom. The van der Waals surface area contributed by atoms with Gasteiger partial charge in [-0.2, -0.15) is 5.10 Å². The van der Waals surface area contributed by atoms with Crippen molar-refractivity contribution in [3.05, 3.63) is 39.7 Å². The number of H-pyrrole nitrogens is 1. The predicted octanol–water partition coefficient (Wildman–Crippen LogP) is 4.84. The molecule has 1 N–H and O–H groups in total. The number of hydrogen-bond donors (Lipinski definition) is 1. The van der Waals surface area contributed by atoms with Crippen molar-refractivity contribution in [2.24, 2.45) is 0 Å². The van der Waals surface area contributed by atoms with Crippen molar-refractivity contribution in [1.82, 2.24) is 15.1 Å². The molecule has 0 saturated carbocycles. The van der Waals surface area contributed by atoms with Crippen LogP contribution in [0.25, 0.3) is 0 Å². The second-order valence-electron chi connectivity index (χ2n) is 7.13. The molecule has 3 rings (SSSR count). The monoisotopic (exact) mass is 405 g/mol. The maximum atomic E-state index is 13.5. The first-order chi connectivity index (χ1) is 13.5. The number of carbonyl (C=O) groups excluding carboxylic acids is 1. The molecule has 1 aromatic carbocycles. The van der Waals surface area contributed by atoms with E-state index in [4.69, 9.17) is 21.1 Å². The van der Waals surface area contributed by atoms with Gasteiger partial charge in [0.2, 0.25) is 0 Å². The SMILES string of the molecule is CCOc1c(Cl)cc(C(=O)N2CCCCC[C@@H]2c2c(C)n[nH]c2C)cc1OC. The first-order valence-corrected chi connectivity index (χ1v) is 10.2. The van der Waals surface area contributed by atoms with Crippen LogP contribution in [-0.2, 0) is 0 Å². The van der Waals surface area contributed by atoms with Gasteiger partial charge in [-0.15, -0.1) is 0 Å². The minimum Gasteiger partial charge on any atom is -0.493 e. The quantitative estimate of drug-likeness (QED) is 0.772. The molecule has 0 radical (unpaired) electrons. The molecule has 1 atom stereocenters. The normalized spacial score (nSPS) is 17.3. The maximum absolute atomic E-state index is 13.5. The summed E-state index contributed by atoms with van der Waals surface area (Å²) in [6, 6.07) is 3.40. The second-order valence-corrected chi connectivity index (χ2v) is 7.54. The lowest BCUT2D eigenvalue weighted by atomic mass is 9.98. The number of methoxy groups -OCH3 is 1. The number of hydrogen-bond acceptors (Lipinski definition) is 4. The Kier molecular flexibility index (Phi) is 6.50. The molecule has 1 aliphatic heterocycles. The lowest BCUT2D eigenvalue weighted by molar-refractivity contribution is 0.0679. The van der Waals surface area contributed by atoms with Gasteiger partial charge < -0.3 is 14.4 Å². The van der Waals surface area contributed by atoms with Crippen LogP contribution in [0.3, 0.4) is 0 Å². The van der Waals surface area contributed by atoms with E-state index in [1.807, 2.05) is 25.7 Å². The summed E-state index contributed by atoms with van der Waals surface area (Å²) in [5.41, 5.74) is 3.60. The summed E-state index contributed by atoms with van der Waals surface area (Å²) in [5, 5.41) is 7.78. The predicted molar refractivity (Wildman–Crippen MR) is 109 cm³/mol. The number of nitrogens with one attached hydrogen (secondary N) is 1. The van der Waals surface area contributed by atoms with Crippen molar-refractivity contribution in [3.63, 3.8) is 0 Å². The van der Waals surface area contributed by atoms with E-state index in [1.165, 1.54) is 0 Å². The molecule has 7 heteroatoms. The summed E-state index contributed by atoms with van der Waals surface area (Å²) in [7, 11) is 1.55. The van der Waals surface area contributed by atoms with E-state index in [1.54, 1.807) is 19.2 Å². The number of nitrogens with zero attached hydrogens (tertiary/aromatic N) is 2. The second kappa shape index (κ2) is 8.86. The van der Waals surface area contributed by atoms with Crippen LogP contribution in [0.1, 0.15) is 66.0 Å². The summed E-state index contributed by atoms with van der Waals surface area (Å²) < 4.78 is 11.0. The summed E-state index contributed by atoms with van der Waals surface area (Å²) >= 11 is 6.40. The van der Waals surface area contributed by atoms with Gasteiger partial charge in [-0.25, -0.2) is 0 Å². The van der Waals surface area contributed by atoms with Gasteiger partial charge in [0, 0.05) is 23.4 Å². The smallest absolute Gasteiger partial charge is 0.254 e. The molecule has 1 aromatic heterocycles. The van der Waals surface area contributed by atoms with Gasteiger partial charge in [0.05, 0.1) is 30.5 Å². The van der Waals surface area contributed by atoms with Crippen LogP contribution in [0.15, 0.2) is 12.1 Å². The lowest BCUT2D eigenvalue weighted by Crippen LogP contribution is -2.35. The standard InChI is InChI=1S/C21H28ClN3O3/c1-5-28-20-16(22)11-15(12-18(20)27-4)21(26)25-10-8-6-7-9-17(25)19-13(2)23-24-14(19)3/h11-12,17H,5-10H2,1-4H3,(H,23,24)/t17-/m1/s1. The van der Waals surface area contributed by atoms with Gasteiger partial charge in [-0.1, -0.05) is 24.4 Å². The van der Waals surface area contributed by atoms with Crippen LogP contribution in [0.5, 0.6) is 11.5 Å². The number of ether oxygens (including phenoxy) is 2. The van der Waals surface area contributed by atoms with Crippen LogP contribution in [0, 0.1) is 13.8 Å². The molecule has 2 aromatic rings. The van der Waals surface area contributed by atoms with Crippen molar-refractivity contribution in [3.8, 4) is 11.5 Å². The van der Waals surface area contributed by atoms with Gasteiger partial charge in [0.1, 0.15) is 0 Å². The number of carbonyl (C=O) groups is 1. The third-order valence-corrected chi connectivity index (χ3v) is 5.58. The maximum Gasteiger partial charge on any atom is 0.254 e. The van der Waals surface area contributed by atoms with Crippen molar-refractivity contribution >= 4 is 17.5 Å². The zero-order valence-electron chi connectivity index (χ0n) is 17.0. The van der Waals surface area contributed by atoms with E-state index in [9.17, 15) is 4.79 Å². The molecule has 2 heterocycles. The third kappa shape index (κ3) is 3.97. The molecule has 1 fully saturated rings. The molecule has 0 unspecified atom stereocenters. The van der Waals surface area contributed by atoms with Gasteiger partial charge >= 0.3 is 0 Å². The molecular formula is C21H28ClN3O3. The minimum absolute atomic E-state index is 0.00471. The number of aromatic amines is 1. The Morgan fingerprint density at radius 1 is 1.32 bits per heavy atom. The van der Waals surface area contributed by atoms with Crippen molar-refractivity contribution in [2.75, 3.05) is 20.3 Å². The summed E-state index contributed by atoms with van der Waals surface area (Å²) in [6.07, 6.45) is 4.12. The molecule has 1 amide bonds. The van der Waals surface area contributed by atoms with Crippen LogP contribution in [0.2, 0.25) is 5.02 Å². The van der Waals surface area contributed by atoms with E-state index in [0.29, 0.717) is 35.2 Å². The van der Waals surface area contributed by atoms with E-state index in [2.05, 4.69) is 10.2 Å². The average molecular weight is 406 g/mol. The van der Waals surface area contributed by atoms with Gasteiger partial charge in [-0.3, -0.25) is 9.89 Å². The van der Waals surface area contributed by atoms with Crippen LogP contribution in [-0.4, -0.2) is 41.3 Å². The zero-order chi connectivity index (χ0) is 20.3. The first kappa shape index (κ1) is 20.5. The topological polar surface area (TPSA) is 67.5 Å². The lowest BCUT2D eigenvalue weighted by Gasteiger charge is -2.31. The molecule has 28 heavy (non-hydrogen) atoms. The molecular weight excluding hydrogens is 378 g/mol. The Hall–Kier alpha value is -2.21. The molecule has 0 aliphatic carbocycles.